The standard InChI is InChI=1S/C31H28F3N5O3/c32-31(33,34)41-25-7-2-1-5-22(25)29-23(30(42-39-29)17-8-9-17)16-40-21-12-18-10-11-19(13-21)27(18)37-26-15-36-24-6-3-4-20(14-35)28(24)38-26/h1-7,15,17-19,21,27H,8-13,16H2,(H,37,38). The van der Waals surface area contributed by atoms with Gasteiger partial charge in [0.05, 0.1) is 30.0 Å². The van der Waals surface area contributed by atoms with Crippen LogP contribution >= 0.6 is 0 Å². The highest BCUT2D eigenvalue weighted by molar-refractivity contribution is 5.81. The minimum atomic E-state index is -4.82. The predicted molar refractivity (Wildman–Crippen MR) is 146 cm³/mol. The van der Waals surface area contributed by atoms with Gasteiger partial charge in [-0.15, -0.1) is 13.2 Å². The van der Waals surface area contributed by atoms with Gasteiger partial charge in [-0.2, -0.15) is 5.26 Å². The van der Waals surface area contributed by atoms with Crippen molar-refractivity contribution in [2.24, 2.45) is 11.8 Å². The maximum Gasteiger partial charge on any atom is 0.573 e. The lowest BCUT2D eigenvalue weighted by atomic mass is 9.82. The van der Waals surface area contributed by atoms with E-state index in [1.807, 2.05) is 6.07 Å². The van der Waals surface area contributed by atoms with Crippen molar-refractivity contribution in [2.45, 2.75) is 69.6 Å². The maximum absolute atomic E-state index is 13.1. The van der Waals surface area contributed by atoms with Gasteiger partial charge in [-0.1, -0.05) is 23.4 Å². The van der Waals surface area contributed by atoms with Crippen molar-refractivity contribution in [1.82, 2.24) is 15.1 Å². The second-order valence-corrected chi connectivity index (χ2v) is 11.4. The smallest absolute Gasteiger partial charge is 0.405 e. The van der Waals surface area contributed by atoms with Crippen molar-refractivity contribution in [3.05, 3.63) is 65.5 Å². The van der Waals surface area contributed by atoms with E-state index in [0.29, 0.717) is 51.3 Å². The Labute approximate surface area is 239 Å². The van der Waals surface area contributed by atoms with Gasteiger partial charge in [0.25, 0.3) is 0 Å². The van der Waals surface area contributed by atoms with E-state index in [-0.39, 0.29) is 36.0 Å². The number of hydrogen-bond donors (Lipinski definition) is 1. The fourth-order valence-corrected chi connectivity index (χ4v) is 6.62. The van der Waals surface area contributed by atoms with Gasteiger partial charge in [-0.05, 0) is 74.6 Å². The fraction of sp³-hybridized carbons (Fsp3) is 0.419. The quantitative estimate of drug-likeness (QED) is 0.237. The number of anilines is 1. The summed E-state index contributed by atoms with van der Waals surface area (Å²) in [6.45, 7) is 0.209. The van der Waals surface area contributed by atoms with Crippen LogP contribution in [0.15, 0.2) is 53.2 Å². The molecule has 0 aliphatic heterocycles. The molecule has 0 saturated heterocycles. The molecule has 0 amide bonds. The number of nitriles is 1. The number of rotatable bonds is 8. The number of aromatic nitrogens is 3. The first kappa shape index (κ1) is 26.7. The number of nitrogens with one attached hydrogen (secondary N) is 1. The van der Waals surface area contributed by atoms with Crippen LogP contribution in [0.3, 0.4) is 0 Å². The summed E-state index contributed by atoms with van der Waals surface area (Å²) < 4.78 is 55.8. The van der Waals surface area contributed by atoms with E-state index in [1.165, 1.54) is 12.1 Å². The van der Waals surface area contributed by atoms with Crippen molar-refractivity contribution < 1.29 is 27.2 Å². The Kier molecular flexibility index (Phi) is 6.73. The van der Waals surface area contributed by atoms with Crippen molar-refractivity contribution in [3.8, 4) is 23.1 Å². The Morgan fingerprint density at radius 2 is 1.81 bits per heavy atom. The summed E-state index contributed by atoms with van der Waals surface area (Å²) in [5, 5.41) is 17.3. The van der Waals surface area contributed by atoms with E-state index >= 15 is 0 Å². The van der Waals surface area contributed by atoms with Gasteiger partial charge < -0.3 is 19.3 Å². The first-order chi connectivity index (χ1) is 20.4. The summed E-state index contributed by atoms with van der Waals surface area (Å²) in [4.78, 5) is 9.20. The zero-order valence-electron chi connectivity index (χ0n) is 22.6. The normalized spacial score (nSPS) is 23.6. The fourth-order valence-electron chi connectivity index (χ4n) is 6.62. The van der Waals surface area contributed by atoms with Crippen LogP contribution < -0.4 is 10.1 Å². The second-order valence-electron chi connectivity index (χ2n) is 11.4. The number of nitrogens with zero attached hydrogens (tertiary/aromatic N) is 4. The van der Waals surface area contributed by atoms with Crippen molar-refractivity contribution in [2.75, 3.05) is 5.32 Å². The molecule has 3 aliphatic carbocycles. The average molecular weight is 576 g/mol. The van der Waals surface area contributed by atoms with Crippen molar-refractivity contribution in [1.29, 1.82) is 5.26 Å². The van der Waals surface area contributed by atoms with Crippen LogP contribution in [0.5, 0.6) is 5.75 Å². The van der Waals surface area contributed by atoms with Crippen LogP contribution in [-0.2, 0) is 11.3 Å². The number of fused-ring (bicyclic) bond motifs is 3. The summed E-state index contributed by atoms with van der Waals surface area (Å²) in [7, 11) is 0. The minimum absolute atomic E-state index is 0.00454. The third-order valence-electron chi connectivity index (χ3n) is 8.66. The van der Waals surface area contributed by atoms with Gasteiger partial charge in [0.1, 0.15) is 34.6 Å². The van der Waals surface area contributed by atoms with E-state index < -0.39 is 6.36 Å². The zero-order valence-corrected chi connectivity index (χ0v) is 22.6. The van der Waals surface area contributed by atoms with E-state index in [1.54, 1.807) is 30.5 Å². The third-order valence-corrected chi connectivity index (χ3v) is 8.66. The number of halogens is 3. The van der Waals surface area contributed by atoms with E-state index in [2.05, 4.69) is 26.3 Å². The summed E-state index contributed by atoms with van der Waals surface area (Å²) >= 11 is 0. The highest BCUT2D eigenvalue weighted by Gasteiger charge is 2.44. The van der Waals surface area contributed by atoms with Crippen LogP contribution in [0.25, 0.3) is 22.3 Å². The minimum Gasteiger partial charge on any atom is -0.405 e. The number of para-hydroxylation sites is 2. The lowest BCUT2D eigenvalue weighted by Gasteiger charge is -2.36. The molecular formula is C31H28F3N5O3. The number of alkyl halides is 3. The van der Waals surface area contributed by atoms with Crippen molar-refractivity contribution in [3.63, 3.8) is 0 Å². The molecule has 11 heteroatoms. The molecule has 4 aromatic rings. The second kappa shape index (κ2) is 10.6. The monoisotopic (exact) mass is 575 g/mol. The molecule has 3 aliphatic rings. The van der Waals surface area contributed by atoms with Gasteiger partial charge in [0, 0.05) is 23.1 Å². The highest BCUT2D eigenvalue weighted by Crippen LogP contribution is 2.47. The van der Waals surface area contributed by atoms with Crippen molar-refractivity contribution >= 4 is 16.9 Å². The molecule has 8 nitrogen and oxygen atoms in total. The third kappa shape index (κ3) is 5.27. The summed E-state index contributed by atoms with van der Waals surface area (Å²) in [6, 6.07) is 13.8. The van der Waals surface area contributed by atoms with Crippen LogP contribution in [0.4, 0.5) is 19.0 Å². The molecule has 7 rings (SSSR count). The molecule has 1 N–H and O–H groups in total. The average Bonchev–Trinajstić information content (AvgIpc) is 3.69. The first-order valence-electron chi connectivity index (χ1n) is 14.2. The lowest BCUT2D eigenvalue weighted by Crippen LogP contribution is -2.39. The number of hydrogen-bond acceptors (Lipinski definition) is 8. The molecule has 2 aromatic carbocycles. The molecule has 216 valence electrons. The van der Waals surface area contributed by atoms with Crippen LogP contribution in [0.1, 0.15) is 61.3 Å². The first-order valence-corrected chi connectivity index (χ1v) is 14.2. The van der Waals surface area contributed by atoms with Gasteiger partial charge in [-0.25, -0.2) is 4.98 Å². The molecule has 2 heterocycles. The number of ether oxygens (including phenoxy) is 2. The number of benzene rings is 2. The molecule has 0 radical (unpaired) electrons. The SMILES string of the molecule is N#Cc1cccc2ncc(NC3C4CCC3CC(OCc3c(-c5ccccc5OC(F)(F)F)noc3C3CC3)C4)nc12. The van der Waals surface area contributed by atoms with E-state index in [4.69, 9.17) is 14.2 Å². The van der Waals surface area contributed by atoms with Gasteiger partial charge in [0.15, 0.2) is 0 Å². The van der Waals surface area contributed by atoms with Crippen LogP contribution in [-0.4, -0.2) is 33.6 Å². The van der Waals surface area contributed by atoms with Gasteiger partial charge >= 0.3 is 6.36 Å². The Morgan fingerprint density at radius 1 is 1.02 bits per heavy atom. The molecule has 42 heavy (non-hydrogen) atoms. The lowest BCUT2D eigenvalue weighted by molar-refractivity contribution is -0.274. The molecule has 2 unspecified atom stereocenters. The Hall–Kier alpha value is -4.17. The summed E-state index contributed by atoms with van der Waals surface area (Å²) in [5.74, 6) is 2.00. The topological polar surface area (TPSA) is 106 Å². The maximum atomic E-state index is 13.1. The molecule has 2 bridgehead atoms. The molecule has 2 atom stereocenters. The molecule has 2 aromatic heterocycles. The summed E-state index contributed by atoms with van der Waals surface area (Å²) in [5.41, 5.74) is 3.03. The van der Waals surface area contributed by atoms with Gasteiger partial charge in [-0.3, -0.25) is 4.98 Å². The van der Waals surface area contributed by atoms with E-state index in [0.717, 1.165) is 38.5 Å². The highest BCUT2D eigenvalue weighted by atomic mass is 19.4. The zero-order chi connectivity index (χ0) is 28.8. The largest absolute Gasteiger partial charge is 0.573 e. The van der Waals surface area contributed by atoms with Crippen LogP contribution in [0, 0.1) is 23.2 Å². The molecular weight excluding hydrogens is 547 g/mol. The Morgan fingerprint density at radius 3 is 2.55 bits per heavy atom. The Balaban J connectivity index is 1.07. The van der Waals surface area contributed by atoms with Crippen LogP contribution in [0.2, 0.25) is 0 Å². The predicted octanol–water partition coefficient (Wildman–Crippen LogP) is 7.12. The van der Waals surface area contributed by atoms with E-state index in [9.17, 15) is 18.4 Å². The Bertz CT molecular complexity index is 1650. The van der Waals surface area contributed by atoms with Gasteiger partial charge in [0.2, 0.25) is 0 Å². The molecule has 3 saturated carbocycles. The molecule has 3 fully saturated rings. The molecule has 0 spiro atoms. The summed E-state index contributed by atoms with van der Waals surface area (Å²) in [6.07, 6.45) is 2.66.